The highest BCUT2D eigenvalue weighted by atomic mass is 32.1. The van der Waals surface area contributed by atoms with E-state index >= 15 is 0 Å². The molecule has 0 aliphatic carbocycles. The number of thiazole rings is 1. The van der Waals surface area contributed by atoms with E-state index in [9.17, 15) is 5.11 Å². The molecular weight excluding hydrogens is 280 g/mol. The normalized spacial score (nSPS) is 12.0. The minimum Gasteiger partial charge on any atom is -0.493 e. The lowest BCUT2D eigenvalue weighted by molar-refractivity contribution is 0.214. The third kappa shape index (κ3) is 2.63. The number of anilines is 1. The first-order valence-electron chi connectivity index (χ1n) is 5.79. The lowest BCUT2D eigenvalue weighted by atomic mass is 10.1. The van der Waals surface area contributed by atoms with Crippen LogP contribution in [0.15, 0.2) is 17.5 Å². The van der Waals surface area contributed by atoms with E-state index in [-0.39, 0.29) is 0 Å². The molecule has 1 heterocycles. The Morgan fingerprint density at radius 1 is 1.15 bits per heavy atom. The van der Waals surface area contributed by atoms with Crippen LogP contribution in [0.4, 0.5) is 5.13 Å². The van der Waals surface area contributed by atoms with Gasteiger partial charge in [0.15, 0.2) is 16.6 Å². The maximum atomic E-state index is 10.3. The largest absolute Gasteiger partial charge is 0.493 e. The standard InChI is InChI=1S/C13H16N2O4S/c1-17-9-4-7(5-10(18-2)12(9)19-3)11(16)8-6-20-13(14)15-8/h4-6,11,16H,1-3H3,(H2,14,15). The SMILES string of the molecule is COc1cc(C(O)c2csc(N)n2)cc(OC)c1OC. The highest BCUT2D eigenvalue weighted by Gasteiger charge is 2.20. The number of ether oxygens (including phenoxy) is 3. The predicted molar refractivity (Wildman–Crippen MR) is 76.7 cm³/mol. The van der Waals surface area contributed by atoms with Gasteiger partial charge in [-0.1, -0.05) is 0 Å². The molecule has 6 nitrogen and oxygen atoms in total. The number of hydrogen-bond donors (Lipinski definition) is 2. The van der Waals surface area contributed by atoms with Gasteiger partial charge in [-0.05, 0) is 17.7 Å². The molecule has 0 spiro atoms. The van der Waals surface area contributed by atoms with Gasteiger partial charge in [-0.25, -0.2) is 4.98 Å². The fourth-order valence-corrected chi connectivity index (χ4v) is 2.44. The highest BCUT2D eigenvalue weighted by Crippen LogP contribution is 2.40. The third-order valence-electron chi connectivity index (χ3n) is 2.82. The molecule has 0 aliphatic heterocycles. The summed E-state index contributed by atoms with van der Waals surface area (Å²) in [6.45, 7) is 0. The second-order valence-electron chi connectivity index (χ2n) is 3.97. The average molecular weight is 296 g/mol. The number of aliphatic hydroxyl groups is 1. The molecule has 1 aromatic carbocycles. The van der Waals surface area contributed by atoms with Gasteiger partial charge in [0.1, 0.15) is 6.10 Å². The van der Waals surface area contributed by atoms with E-state index in [1.807, 2.05) is 0 Å². The zero-order valence-electron chi connectivity index (χ0n) is 11.4. The third-order valence-corrected chi connectivity index (χ3v) is 3.51. The second kappa shape index (κ2) is 5.98. The van der Waals surface area contributed by atoms with Crippen LogP contribution in [0.5, 0.6) is 17.2 Å². The van der Waals surface area contributed by atoms with Crippen molar-refractivity contribution < 1.29 is 19.3 Å². The quantitative estimate of drug-likeness (QED) is 0.875. The topological polar surface area (TPSA) is 86.8 Å². The average Bonchev–Trinajstić information content (AvgIpc) is 2.91. The highest BCUT2D eigenvalue weighted by molar-refractivity contribution is 7.13. The molecule has 2 aromatic rings. The van der Waals surface area contributed by atoms with Crippen molar-refractivity contribution in [2.45, 2.75) is 6.10 Å². The summed E-state index contributed by atoms with van der Waals surface area (Å²) in [5.41, 5.74) is 6.65. The molecule has 20 heavy (non-hydrogen) atoms. The monoisotopic (exact) mass is 296 g/mol. The lowest BCUT2D eigenvalue weighted by Crippen LogP contribution is -2.03. The maximum Gasteiger partial charge on any atom is 0.203 e. The van der Waals surface area contributed by atoms with Gasteiger partial charge in [0, 0.05) is 5.38 Å². The van der Waals surface area contributed by atoms with Crippen LogP contribution < -0.4 is 19.9 Å². The minimum absolute atomic E-state index is 0.409. The lowest BCUT2D eigenvalue weighted by Gasteiger charge is -2.16. The molecule has 0 radical (unpaired) electrons. The zero-order chi connectivity index (χ0) is 14.7. The molecular formula is C13H16N2O4S. The summed E-state index contributed by atoms with van der Waals surface area (Å²) < 4.78 is 15.7. The smallest absolute Gasteiger partial charge is 0.203 e. The molecule has 0 bridgehead atoms. The summed E-state index contributed by atoms with van der Waals surface area (Å²) in [5, 5.41) is 12.5. The number of nitrogens with two attached hydrogens (primary N) is 1. The number of nitrogen functional groups attached to an aromatic ring is 1. The minimum atomic E-state index is -0.905. The van der Waals surface area contributed by atoms with Gasteiger partial charge < -0.3 is 25.1 Å². The van der Waals surface area contributed by atoms with Gasteiger partial charge in [0.2, 0.25) is 5.75 Å². The van der Waals surface area contributed by atoms with Gasteiger partial charge in [-0.3, -0.25) is 0 Å². The fraction of sp³-hybridized carbons (Fsp3) is 0.308. The van der Waals surface area contributed by atoms with Crippen molar-refractivity contribution in [1.29, 1.82) is 0 Å². The van der Waals surface area contributed by atoms with Crippen LogP contribution in [0, 0.1) is 0 Å². The van der Waals surface area contributed by atoms with Crippen molar-refractivity contribution in [2.75, 3.05) is 27.1 Å². The molecule has 0 aliphatic rings. The maximum absolute atomic E-state index is 10.3. The Morgan fingerprint density at radius 2 is 1.75 bits per heavy atom. The van der Waals surface area contributed by atoms with Gasteiger partial charge in [0.05, 0.1) is 27.0 Å². The van der Waals surface area contributed by atoms with E-state index in [2.05, 4.69) is 4.98 Å². The van der Waals surface area contributed by atoms with E-state index in [0.29, 0.717) is 33.6 Å². The van der Waals surface area contributed by atoms with E-state index in [1.165, 1.54) is 32.7 Å². The van der Waals surface area contributed by atoms with Gasteiger partial charge >= 0.3 is 0 Å². The predicted octanol–water partition coefficient (Wildman–Crippen LogP) is 1.83. The number of benzene rings is 1. The van der Waals surface area contributed by atoms with Crippen molar-refractivity contribution in [2.24, 2.45) is 0 Å². The van der Waals surface area contributed by atoms with Crippen LogP contribution in [0.25, 0.3) is 0 Å². The van der Waals surface area contributed by atoms with Gasteiger partial charge in [-0.15, -0.1) is 11.3 Å². The molecule has 2 rings (SSSR count). The molecule has 1 atom stereocenters. The number of hydrogen-bond acceptors (Lipinski definition) is 7. The molecule has 3 N–H and O–H groups in total. The second-order valence-corrected chi connectivity index (χ2v) is 4.86. The molecule has 7 heteroatoms. The number of methoxy groups -OCH3 is 3. The van der Waals surface area contributed by atoms with Crippen molar-refractivity contribution in [1.82, 2.24) is 4.98 Å². The Balaban J connectivity index is 2.46. The summed E-state index contributed by atoms with van der Waals surface area (Å²) in [6, 6.07) is 3.36. The first-order valence-corrected chi connectivity index (χ1v) is 6.67. The summed E-state index contributed by atoms with van der Waals surface area (Å²) in [6.07, 6.45) is -0.905. The molecule has 0 saturated heterocycles. The van der Waals surface area contributed by atoms with Crippen LogP contribution in [0.3, 0.4) is 0 Å². The van der Waals surface area contributed by atoms with E-state index in [1.54, 1.807) is 17.5 Å². The van der Waals surface area contributed by atoms with Crippen LogP contribution in [0.1, 0.15) is 17.4 Å². The molecule has 1 aromatic heterocycles. The molecule has 108 valence electrons. The Labute approximate surface area is 120 Å². The Kier molecular flexibility index (Phi) is 4.31. The van der Waals surface area contributed by atoms with E-state index in [4.69, 9.17) is 19.9 Å². The molecule has 0 fully saturated rings. The van der Waals surface area contributed by atoms with Crippen molar-refractivity contribution in [3.05, 3.63) is 28.8 Å². The number of nitrogens with zero attached hydrogens (tertiary/aromatic N) is 1. The first-order chi connectivity index (χ1) is 9.60. The first kappa shape index (κ1) is 14.4. The Morgan fingerprint density at radius 3 is 2.15 bits per heavy atom. The summed E-state index contributed by atoms with van der Waals surface area (Å²) in [7, 11) is 4.57. The summed E-state index contributed by atoms with van der Waals surface area (Å²) in [5.74, 6) is 1.43. The van der Waals surface area contributed by atoms with Gasteiger partial charge in [-0.2, -0.15) is 0 Å². The molecule has 1 unspecified atom stereocenters. The number of aliphatic hydroxyl groups excluding tert-OH is 1. The summed E-state index contributed by atoms with van der Waals surface area (Å²) in [4.78, 5) is 4.07. The Bertz CT molecular complexity index is 575. The number of rotatable bonds is 5. The van der Waals surface area contributed by atoms with Crippen LogP contribution in [-0.4, -0.2) is 31.4 Å². The van der Waals surface area contributed by atoms with Crippen LogP contribution in [-0.2, 0) is 0 Å². The van der Waals surface area contributed by atoms with Crippen LogP contribution in [0.2, 0.25) is 0 Å². The van der Waals surface area contributed by atoms with Crippen molar-refractivity contribution >= 4 is 16.5 Å². The number of aromatic nitrogens is 1. The van der Waals surface area contributed by atoms with Crippen molar-refractivity contribution in [3.63, 3.8) is 0 Å². The van der Waals surface area contributed by atoms with Crippen LogP contribution >= 0.6 is 11.3 Å². The Hall–Kier alpha value is -1.99. The fourth-order valence-electron chi connectivity index (χ4n) is 1.86. The van der Waals surface area contributed by atoms with E-state index in [0.717, 1.165) is 0 Å². The van der Waals surface area contributed by atoms with E-state index < -0.39 is 6.10 Å². The van der Waals surface area contributed by atoms with Gasteiger partial charge in [0.25, 0.3) is 0 Å². The molecule has 0 amide bonds. The summed E-state index contributed by atoms with van der Waals surface area (Å²) >= 11 is 1.27. The zero-order valence-corrected chi connectivity index (χ0v) is 12.2. The van der Waals surface area contributed by atoms with Crippen molar-refractivity contribution in [3.8, 4) is 17.2 Å². The molecule has 0 saturated carbocycles.